The molecule has 5 nitrogen and oxygen atoms in total. The van der Waals surface area contributed by atoms with Gasteiger partial charge in [-0.05, 0) is 43.9 Å². The largest absolute Gasteiger partial charge is 0.491 e. The lowest BCUT2D eigenvalue weighted by Gasteiger charge is -2.19. The highest BCUT2D eigenvalue weighted by atomic mass is 16.6. The fraction of sp³-hybridized carbons (Fsp3) is 0.462. The molecule has 0 aromatic heterocycles. The van der Waals surface area contributed by atoms with Gasteiger partial charge in [0.2, 0.25) is 0 Å². The van der Waals surface area contributed by atoms with Gasteiger partial charge in [-0.15, -0.1) is 0 Å². The van der Waals surface area contributed by atoms with Crippen LogP contribution in [-0.2, 0) is 20.8 Å². The van der Waals surface area contributed by atoms with Gasteiger partial charge < -0.3 is 19.2 Å². The van der Waals surface area contributed by atoms with E-state index in [0.717, 1.165) is 5.56 Å². The molecule has 0 aliphatic carbocycles. The van der Waals surface area contributed by atoms with Crippen LogP contribution in [0.1, 0.15) is 26.3 Å². The number of fused-ring (bicyclic) bond motifs is 1. The Morgan fingerprint density at radius 3 is 2.89 bits per heavy atom. The van der Waals surface area contributed by atoms with E-state index in [1.54, 1.807) is 32.9 Å². The summed E-state index contributed by atoms with van der Waals surface area (Å²) < 4.78 is 15.6. The average molecular weight is 264 g/mol. The van der Waals surface area contributed by atoms with Crippen molar-refractivity contribution in [3.8, 4) is 5.75 Å². The molecule has 6 heteroatoms. The first-order valence-electron chi connectivity index (χ1n) is 6.12. The first-order chi connectivity index (χ1) is 8.85. The third-order valence-electron chi connectivity index (χ3n) is 2.56. The Balaban J connectivity index is 1.94. The minimum absolute atomic E-state index is 0.160. The Morgan fingerprint density at radius 1 is 1.47 bits per heavy atom. The molecule has 1 aromatic carbocycles. The van der Waals surface area contributed by atoms with Gasteiger partial charge in [0.15, 0.2) is 6.61 Å². The molecule has 0 amide bonds. The lowest BCUT2D eigenvalue weighted by atomic mass is 9.79. The number of ether oxygens (including phenoxy) is 2. The van der Waals surface area contributed by atoms with E-state index in [0.29, 0.717) is 17.8 Å². The fourth-order valence-electron chi connectivity index (χ4n) is 1.80. The molecule has 0 saturated carbocycles. The van der Waals surface area contributed by atoms with Crippen LogP contribution in [0.4, 0.5) is 0 Å². The standard InChI is InChI=1S/C13H17BO5/c1-13(2,3)19-12(15)8-17-10-5-4-9-7-18-14(16)11(9)6-10/h4-6,16H,7-8H2,1-3H3. The van der Waals surface area contributed by atoms with Crippen molar-refractivity contribution in [2.75, 3.05) is 6.61 Å². The summed E-state index contributed by atoms with van der Waals surface area (Å²) in [6, 6.07) is 5.23. The van der Waals surface area contributed by atoms with Crippen LogP contribution in [0.3, 0.4) is 0 Å². The molecule has 0 spiro atoms. The van der Waals surface area contributed by atoms with Gasteiger partial charge in [0, 0.05) is 0 Å². The Kier molecular flexibility index (Phi) is 3.82. The quantitative estimate of drug-likeness (QED) is 0.640. The zero-order chi connectivity index (χ0) is 14.0. The highest BCUT2D eigenvalue weighted by Crippen LogP contribution is 2.16. The highest BCUT2D eigenvalue weighted by Gasteiger charge is 2.27. The van der Waals surface area contributed by atoms with Crippen LogP contribution < -0.4 is 10.2 Å². The van der Waals surface area contributed by atoms with Gasteiger partial charge >= 0.3 is 13.1 Å². The van der Waals surface area contributed by atoms with Crippen LogP contribution in [0.15, 0.2) is 18.2 Å². The number of hydrogen-bond acceptors (Lipinski definition) is 5. The number of carbonyl (C=O) groups excluding carboxylic acids is 1. The third-order valence-corrected chi connectivity index (χ3v) is 2.56. The molecule has 0 fully saturated rings. The van der Waals surface area contributed by atoms with Crippen LogP contribution in [0.2, 0.25) is 0 Å². The van der Waals surface area contributed by atoms with Crippen molar-refractivity contribution in [2.24, 2.45) is 0 Å². The molecule has 102 valence electrons. The minimum atomic E-state index is -0.917. The maximum Gasteiger partial charge on any atom is 0.491 e. The first-order valence-corrected chi connectivity index (χ1v) is 6.12. The van der Waals surface area contributed by atoms with Crippen molar-refractivity contribution < 1.29 is 23.9 Å². The second-order valence-electron chi connectivity index (χ2n) is 5.40. The lowest BCUT2D eigenvalue weighted by Crippen LogP contribution is -2.29. The average Bonchev–Trinajstić information content (AvgIpc) is 2.66. The van der Waals surface area contributed by atoms with Crippen LogP contribution in [0.25, 0.3) is 0 Å². The zero-order valence-corrected chi connectivity index (χ0v) is 11.3. The normalized spacial score (nSPS) is 14.2. The highest BCUT2D eigenvalue weighted by molar-refractivity contribution is 6.61. The van der Waals surface area contributed by atoms with E-state index in [1.165, 1.54) is 0 Å². The second-order valence-corrected chi connectivity index (χ2v) is 5.40. The Morgan fingerprint density at radius 2 is 2.21 bits per heavy atom. The first kappa shape index (κ1) is 13.9. The molecule has 1 aromatic rings. The number of esters is 1. The van der Waals surface area contributed by atoms with Gasteiger partial charge in [-0.25, -0.2) is 4.79 Å². The van der Waals surface area contributed by atoms with Gasteiger partial charge in [-0.3, -0.25) is 0 Å². The maximum absolute atomic E-state index is 11.5. The number of benzene rings is 1. The Bertz CT molecular complexity index is 480. The Hall–Kier alpha value is -1.53. The molecule has 1 heterocycles. The monoisotopic (exact) mass is 264 g/mol. The van der Waals surface area contributed by atoms with Crippen LogP contribution in [-0.4, -0.2) is 30.3 Å². The summed E-state index contributed by atoms with van der Waals surface area (Å²) in [5, 5.41) is 9.57. The number of carbonyl (C=O) groups is 1. The summed E-state index contributed by atoms with van der Waals surface area (Å²) in [5.41, 5.74) is 1.08. The zero-order valence-electron chi connectivity index (χ0n) is 11.3. The molecule has 0 unspecified atom stereocenters. The molecule has 1 aliphatic heterocycles. The summed E-state index contributed by atoms with van der Waals surface area (Å²) in [5.74, 6) is 0.0824. The lowest BCUT2D eigenvalue weighted by molar-refractivity contribution is -0.157. The molecule has 19 heavy (non-hydrogen) atoms. The van der Waals surface area contributed by atoms with Crippen molar-refractivity contribution >= 4 is 18.6 Å². The van der Waals surface area contributed by atoms with Crippen molar-refractivity contribution in [3.05, 3.63) is 23.8 Å². The molecule has 0 bridgehead atoms. The van der Waals surface area contributed by atoms with Crippen LogP contribution in [0.5, 0.6) is 5.75 Å². The van der Waals surface area contributed by atoms with E-state index in [1.807, 2.05) is 6.07 Å². The molecule has 0 saturated heterocycles. The number of rotatable bonds is 3. The van der Waals surface area contributed by atoms with Gasteiger partial charge in [0.1, 0.15) is 11.4 Å². The minimum Gasteiger partial charge on any atom is -0.482 e. The molecular weight excluding hydrogens is 247 g/mol. The topological polar surface area (TPSA) is 65.0 Å². The number of hydrogen-bond donors (Lipinski definition) is 1. The van der Waals surface area contributed by atoms with Gasteiger partial charge in [-0.1, -0.05) is 6.07 Å². The molecule has 1 aliphatic rings. The van der Waals surface area contributed by atoms with E-state index >= 15 is 0 Å². The summed E-state index contributed by atoms with van der Waals surface area (Å²) in [4.78, 5) is 11.5. The smallest absolute Gasteiger partial charge is 0.482 e. The van der Waals surface area contributed by atoms with Crippen LogP contribution >= 0.6 is 0 Å². The summed E-state index contributed by atoms with van der Waals surface area (Å²) in [6.07, 6.45) is 0. The van der Waals surface area contributed by atoms with E-state index < -0.39 is 18.7 Å². The van der Waals surface area contributed by atoms with Gasteiger partial charge in [0.25, 0.3) is 0 Å². The molecule has 0 radical (unpaired) electrons. The summed E-state index contributed by atoms with van der Waals surface area (Å²) in [6.45, 7) is 5.63. The van der Waals surface area contributed by atoms with E-state index in [2.05, 4.69) is 0 Å². The van der Waals surface area contributed by atoms with Crippen molar-refractivity contribution in [2.45, 2.75) is 33.0 Å². The molecule has 0 atom stereocenters. The predicted octanol–water partition coefficient (Wildman–Crippen LogP) is 0.625. The third kappa shape index (κ3) is 3.72. The predicted molar refractivity (Wildman–Crippen MR) is 70.2 cm³/mol. The Labute approximate surface area is 112 Å². The van der Waals surface area contributed by atoms with Crippen molar-refractivity contribution in [1.82, 2.24) is 0 Å². The van der Waals surface area contributed by atoms with Gasteiger partial charge in [0.05, 0.1) is 6.61 Å². The van der Waals surface area contributed by atoms with Gasteiger partial charge in [-0.2, -0.15) is 0 Å². The second kappa shape index (κ2) is 5.23. The molecule has 1 N–H and O–H groups in total. The van der Waals surface area contributed by atoms with Crippen molar-refractivity contribution in [3.63, 3.8) is 0 Å². The van der Waals surface area contributed by atoms with Crippen LogP contribution in [0, 0.1) is 0 Å². The van der Waals surface area contributed by atoms with E-state index in [-0.39, 0.29) is 6.61 Å². The SMILES string of the molecule is CC(C)(C)OC(=O)COc1ccc2c(c1)B(O)OC2. The molecule has 2 rings (SSSR count). The molecular formula is C13H17BO5. The van der Waals surface area contributed by atoms with Crippen molar-refractivity contribution in [1.29, 1.82) is 0 Å². The summed E-state index contributed by atoms with van der Waals surface area (Å²) >= 11 is 0. The maximum atomic E-state index is 11.5. The fourth-order valence-corrected chi connectivity index (χ4v) is 1.80. The van der Waals surface area contributed by atoms with E-state index in [9.17, 15) is 9.82 Å². The summed E-state index contributed by atoms with van der Waals surface area (Å²) in [7, 11) is -0.917. The van der Waals surface area contributed by atoms with E-state index in [4.69, 9.17) is 14.1 Å².